The molecule has 11 rings (SSSR count). The highest BCUT2D eigenvalue weighted by atomic mass is 19.1. The number of rotatable bonds is 12. The van der Waals surface area contributed by atoms with E-state index < -0.39 is 0 Å². The lowest BCUT2D eigenvalue weighted by atomic mass is 9.88. The number of nitrogens with zero attached hydrogens (tertiary/aromatic N) is 4. The molecule has 2 heterocycles. The van der Waals surface area contributed by atoms with Crippen LogP contribution >= 0.6 is 0 Å². The number of fused-ring (bicyclic) bond motifs is 3. The molecule has 0 atom stereocenters. The summed E-state index contributed by atoms with van der Waals surface area (Å²) in [6, 6.07) is 64.8. The van der Waals surface area contributed by atoms with Gasteiger partial charge in [0.2, 0.25) is 0 Å². The SMILES string of the molecule is CC(C)c1cc(-c2ccccc2)cc(C(C)C)c1-n1c(-c2cccc(Oc3cc(-c4nc5cccc(F)c5n4-c4c(C(C)C)cc(-c5ccccc5)cc4C(C)C)c4ccccc4c3)c2)nc2ccccc21. The molecule has 0 saturated carbocycles. The van der Waals surface area contributed by atoms with Gasteiger partial charge in [0.15, 0.2) is 0 Å². The van der Waals surface area contributed by atoms with E-state index in [-0.39, 0.29) is 29.5 Å². The molecular weight excluding hydrogens is 884 g/mol. The molecule has 0 aliphatic heterocycles. The van der Waals surface area contributed by atoms with Crippen LogP contribution in [-0.4, -0.2) is 19.1 Å². The van der Waals surface area contributed by atoms with Gasteiger partial charge in [-0.1, -0.05) is 171 Å². The minimum atomic E-state index is -0.324. The minimum absolute atomic E-state index is 0.118. The van der Waals surface area contributed by atoms with Crippen molar-refractivity contribution < 1.29 is 9.13 Å². The number of aromatic nitrogens is 4. The Labute approximate surface area is 422 Å². The van der Waals surface area contributed by atoms with E-state index in [9.17, 15) is 0 Å². The van der Waals surface area contributed by atoms with Crippen LogP contribution < -0.4 is 4.74 Å². The Balaban J connectivity index is 1.08. The largest absolute Gasteiger partial charge is 0.457 e. The molecule has 356 valence electrons. The predicted octanol–water partition coefficient (Wildman–Crippen LogP) is 18.6. The second kappa shape index (κ2) is 18.9. The van der Waals surface area contributed by atoms with Gasteiger partial charge >= 0.3 is 0 Å². The van der Waals surface area contributed by atoms with Crippen LogP contribution in [0.15, 0.2) is 188 Å². The molecule has 0 fully saturated rings. The Hall–Kier alpha value is -8.09. The third-order valence-electron chi connectivity index (χ3n) is 14.1. The fraction of sp³-hybridized carbons (Fsp3) is 0.182. The van der Waals surface area contributed by atoms with Gasteiger partial charge in [0.05, 0.1) is 27.9 Å². The standard InChI is InChI=1S/C66H59FN4O/c1-40(2)53-35-48(44-21-11-9-12-22-44)36-54(41(3)4)62(53)70-61-32-18-17-30-59(61)68-65(70)47-26-19-27-50(34-47)72-51-33-46-25-15-16-28-52(46)57(39-51)66-69-60-31-20-29-58(67)64(60)71(66)63-55(42(5)6)37-49(38-56(63)43(7)8)45-23-13-10-14-24-45/h9-43H,1-8H3. The molecule has 0 unspecified atom stereocenters. The number of para-hydroxylation sites is 3. The average molecular weight is 943 g/mol. The molecule has 9 aromatic carbocycles. The zero-order valence-corrected chi connectivity index (χ0v) is 42.3. The Kier molecular flexibility index (Phi) is 12.2. The van der Waals surface area contributed by atoms with Crippen LogP contribution in [0.4, 0.5) is 4.39 Å². The smallest absolute Gasteiger partial charge is 0.149 e. The van der Waals surface area contributed by atoms with Crippen molar-refractivity contribution in [2.75, 3.05) is 0 Å². The first kappa shape index (κ1) is 46.3. The molecule has 6 heteroatoms. The van der Waals surface area contributed by atoms with Crippen molar-refractivity contribution in [1.82, 2.24) is 19.1 Å². The lowest BCUT2D eigenvalue weighted by Crippen LogP contribution is -2.10. The van der Waals surface area contributed by atoms with Gasteiger partial charge in [-0.05, 0) is 152 Å². The zero-order chi connectivity index (χ0) is 49.8. The Morgan fingerprint density at radius 3 is 1.51 bits per heavy atom. The third-order valence-corrected chi connectivity index (χ3v) is 14.1. The van der Waals surface area contributed by atoms with Crippen molar-refractivity contribution in [1.29, 1.82) is 0 Å². The quantitative estimate of drug-likeness (QED) is 0.123. The molecule has 0 radical (unpaired) electrons. The first-order valence-electron chi connectivity index (χ1n) is 25.4. The number of ether oxygens (including phenoxy) is 1. The number of benzene rings is 9. The Bertz CT molecular complexity index is 3750. The van der Waals surface area contributed by atoms with E-state index in [1.165, 1.54) is 27.9 Å². The van der Waals surface area contributed by atoms with E-state index in [2.05, 4.69) is 204 Å². The molecule has 0 bridgehead atoms. The van der Waals surface area contributed by atoms with E-state index in [0.717, 1.165) is 66.7 Å². The van der Waals surface area contributed by atoms with Gasteiger partial charge in [-0.15, -0.1) is 0 Å². The molecule has 5 nitrogen and oxygen atoms in total. The first-order chi connectivity index (χ1) is 34.9. The Morgan fingerprint density at radius 1 is 0.403 bits per heavy atom. The number of imidazole rings is 2. The highest BCUT2D eigenvalue weighted by Gasteiger charge is 2.28. The summed E-state index contributed by atoms with van der Waals surface area (Å²) in [5, 5.41) is 1.97. The van der Waals surface area contributed by atoms with E-state index in [0.29, 0.717) is 28.4 Å². The maximum atomic E-state index is 16.7. The molecule has 0 saturated heterocycles. The second-order valence-corrected chi connectivity index (χ2v) is 20.3. The van der Waals surface area contributed by atoms with Gasteiger partial charge in [-0.2, -0.15) is 0 Å². The van der Waals surface area contributed by atoms with Gasteiger partial charge in [0, 0.05) is 11.1 Å². The molecule has 0 aliphatic carbocycles. The maximum Gasteiger partial charge on any atom is 0.149 e. The first-order valence-corrected chi connectivity index (χ1v) is 25.4. The molecule has 0 spiro atoms. The van der Waals surface area contributed by atoms with Crippen LogP contribution in [0.3, 0.4) is 0 Å². The van der Waals surface area contributed by atoms with Gasteiger partial charge in [0.25, 0.3) is 0 Å². The lowest BCUT2D eigenvalue weighted by Gasteiger charge is -2.25. The van der Waals surface area contributed by atoms with Crippen LogP contribution in [0, 0.1) is 5.82 Å². The highest BCUT2D eigenvalue weighted by molar-refractivity contribution is 5.99. The summed E-state index contributed by atoms with van der Waals surface area (Å²) >= 11 is 0. The predicted molar refractivity (Wildman–Crippen MR) is 298 cm³/mol. The van der Waals surface area contributed by atoms with Crippen LogP contribution in [-0.2, 0) is 0 Å². The fourth-order valence-electron chi connectivity index (χ4n) is 10.5. The van der Waals surface area contributed by atoms with Crippen LogP contribution in [0.1, 0.15) is 101 Å². The average Bonchev–Trinajstić information content (AvgIpc) is 3.98. The summed E-state index contributed by atoms with van der Waals surface area (Å²) in [6.07, 6.45) is 0. The van der Waals surface area contributed by atoms with Crippen LogP contribution in [0.2, 0.25) is 0 Å². The van der Waals surface area contributed by atoms with Gasteiger partial charge in [0.1, 0.15) is 34.5 Å². The van der Waals surface area contributed by atoms with Gasteiger partial charge < -0.3 is 4.74 Å². The van der Waals surface area contributed by atoms with Crippen LogP contribution in [0.25, 0.3) is 89.2 Å². The number of hydrogen-bond donors (Lipinski definition) is 0. The van der Waals surface area contributed by atoms with E-state index in [1.807, 2.05) is 36.4 Å². The molecule has 11 aromatic rings. The van der Waals surface area contributed by atoms with E-state index in [1.54, 1.807) is 12.1 Å². The Morgan fingerprint density at radius 2 is 0.903 bits per heavy atom. The molecule has 2 aromatic heterocycles. The molecular formula is C66H59FN4O. The van der Waals surface area contributed by atoms with Crippen molar-refractivity contribution >= 4 is 32.8 Å². The topological polar surface area (TPSA) is 44.9 Å². The second-order valence-electron chi connectivity index (χ2n) is 20.3. The number of hydrogen-bond acceptors (Lipinski definition) is 3. The summed E-state index contributed by atoms with van der Waals surface area (Å²) in [5.74, 6) is 3.18. The maximum absolute atomic E-state index is 16.7. The molecule has 0 amide bonds. The summed E-state index contributed by atoms with van der Waals surface area (Å²) in [4.78, 5) is 10.7. The van der Waals surface area contributed by atoms with Crippen molar-refractivity contribution in [3.8, 4) is 67.9 Å². The summed E-state index contributed by atoms with van der Waals surface area (Å²) in [7, 11) is 0. The minimum Gasteiger partial charge on any atom is -0.457 e. The summed E-state index contributed by atoms with van der Waals surface area (Å²) < 4.78 is 28.1. The van der Waals surface area contributed by atoms with Gasteiger partial charge in [-0.25, -0.2) is 14.4 Å². The highest BCUT2D eigenvalue weighted by Crippen LogP contribution is 2.45. The molecule has 0 aliphatic rings. The van der Waals surface area contributed by atoms with E-state index in [4.69, 9.17) is 14.7 Å². The van der Waals surface area contributed by atoms with Crippen molar-refractivity contribution in [2.24, 2.45) is 0 Å². The summed E-state index contributed by atoms with van der Waals surface area (Å²) in [6.45, 7) is 18.0. The molecule has 0 N–H and O–H groups in total. The van der Waals surface area contributed by atoms with Crippen molar-refractivity contribution in [2.45, 2.75) is 79.1 Å². The molecule has 72 heavy (non-hydrogen) atoms. The van der Waals surface area contributed by atoms with Crippen molar-refractivity contribution in [3.05, 3.63) is 216 Å². The third kappa shape index (κ3) is 8.34. The monoisotopic (exact) mass is 942 g/mol. The van der Waals surface area contributed by atoms with E-state index >= 15 is 4.39 Å². The van der Waals surface area contributed by atoms with Crippen molar-refractivity contribution in [3.63, 3.8) is 0 Å². The van der Waals surface area contributed by atoms with Crippen LogP contribution in [0.5, 0.6) is 11.5 Å². The normalized spacial score (nSPS) is 11.9. The number of halogens is 1. The zero-order valence-electron chi connectivity index (χ0n) is 42.3. The fourth-order valence-corrected chi connectivity index (χ4v) is 10.5. The van der Waals surface area contributed by atoms with Gasteiger partial charge in [-0.3, -0.25) is 9.13 Å². The summed E-state index contributed by atoms with van der Waals surface area (Å²) in [5.41, 5.74) is 16.4. The lowest BCUT2D eigenvalue weighted by molar-refractivity contribution is 0.484.